The molecule has 0 saturated carbocycles. The van der Waals surface area contributed by atoms with Gasteiger partial charge in [0.15, 0.2) is 5.82 Å². The van der Waals surface area contributed by atoms with E-state index in [-0.39, 0.29) is 29.8 Å². The number of nitrogens with one attached hydrogen (secondary N) is 1. The van der Waals surface area contributed by atoms with Crippen molar-refractivity contribution in [3.8, 4) is 0 Å². The summed E-state index contributed by atoms with van der Waals surface area (Å²) in [6.07, 6.45) is 1.17. The van der Waals surface area contributed by atoms with Crippen LogP contribution in [0.4, 0.5) is 10.1 Å². The fourth-order valence-electron chi connectivity index (χ4n) is 1.72. The van der Waals surface area contributed by atoms with Gasteiger partial charge in [-0.1, -0.05) is 24.9 Å². The van der Waals surface area contributed by atoms with Gasteiger partial charge in [-0.05, 0) is 24.5 Å². The first kappa shape index (κ1) is 17.2. The lowest BCUT2D eigenvalue weighted by atomic mass is 10.0. The molecule has 4 N–H and O–H groups in total. The number of rotatable bonds is 7. The molecule has 0 heterocycles. The molecule has 20 heavy (non-hydrogen) atoms. The normalized spacial score (nSPS) is 13.4. The Bertz CT molecular complexity index is 566. The van der Waals surface area contributed by atoms with Gasteiger partial charge >= 0.3 is 0 Å². The molecule has 0 amide bonds. The number of sulfonamides is 1. The number of nitrogens with two attached hydrogens (primary N) is 1. The van der Waals surface area contributed by atoms with E-state index < -0.39 is 20.7 Å². The van der Waals surface area contributed by atoms with Crippen molar-refractivity contribution in [3.05, 3.63) is 23.0 Å². The van der Waals surface area contributed by atoms with E-state index in [0.29, 0.717) is 12.8 Å². The molecule has 0 fully saturated rings. The monoisotopic (exact) mass is 324 g/mol. The minimum Gasteiger partial charge on any atom is -0.396 e. The molecule has 1 unspecified atom stereocenters. The van der Waals surface area contributed by atoms with Crippen LogP contribution in [-0.2, 0) is 10.0 Å². The quantitative estimate of drug-likeness (QED) is 0.666. The van der Waals surface area contributed by atoms with Crippen molar-refractivity contribution in [1.29, 1.82) is 0 Å². The standard InChI is InChI=1S/C12H18ClFN2O3S/c1-2-8(3-4-17)7-16-20(18,19)11-6-9(13)5-10(15)12(11)14/h5-6,8,16-17H,2-4,7,15H2,1H3. The highest BCUT2D eigenvalue weighted by Crippen LogP contribution is 2.25. The molecule has 0 radical (unpaired) electrons. The minimum absolute atomic E-state index is 0.0191. The average molecular weight is 325 g/mol. The molecule has 5 nitrogen and oxygen atoms in total. The summed E-state index contributed by atoms with van der Waals surface area (Å²) in [4.78, 5) is -0.568. The molecule has 0 aliphatic carbocycles. The summed E-state index contributed by atoms with van der Waals surface area (Å²) in [5, 5.41) is 8.91. The molecular formula is C12H18ClFN2O3S. The van der Waals surface area contributed by atoms with Gasteiger partial charge in [-0.3, -0.25) is 0 Å². The Kier molecular flexibility index (Phi) is 6.19. The summed E-state index contributed by atoms with van der Waals surface area (Å²) in [6.45, 7) is 1.97. The second-order valence-corrected chi connectivity index (χ2v) is 6.62. The minimum atomic E-state index is -4.03. The number of hydrogen-bond donors (Lipinski definition) is 3. The summed E-state index contributed by atoms with van der Waals surface area (Å²) < 4.78 is 40.2. The van der Waals surface area contributed by atoms with Crippen LogP contribution in [-0.4, -0.2) is 26.7 Å². The predicted molar refractivity (Wildman–Crippen MR) is 76.5 cm³/mol. The van der Waals surface area contributed by atoms with E-state index in [4.69, 9.17) is 22.4 Å². The zero-order chi connectivity index (χ0) is 15.3. The molecule has 8 heteroatoms. The van der Waals surface area contributed by atoms with E-state index >= 15 is 0 Å². The molecule has 114 valence electrons. The van der Waals surface area contributed by atoms with Gasteiger partial charge in [0, 0.05) is 18.2 Å². The number of hydrogen-bond acceptors (Lipinski definition) is 4. The van der Waals surface area contributed by atoms with Gasteiger partial charge in [0.1, 0.15) is 4.90 Å². The molecule has 1 rings (SSSR count). The molecule has 1 aromatic carbocycles. The van der Waals surface area contributed by atoms with Crippen LogP contribution < -0.4 is 10.5 Å². The molecule has 1 aromatic rings. The second kappa shape index (κ2) is 7.21. The van der Waals surface area contributed by atoms with E-state index in [1.807, 2.05) is 6.92 Å². The average Bonchev–Trinajstić information content (AvgIpc) is 2.38. The highest BCUT2D eigenvalue weighted by atomic mass is 35.5. The Morgan fingerprint density at radius 3 is 2.70 bits per heavy atom. The van der Waals surface area contributed by atoms with Crippen LogP contribution in [0.15, 0.2) is 17.0 Å². The Labute approximate surface area is 123 Å². The smallest absolute Gasteiger partial charge is 0.243 e. The largest absolute Gasteiger partial charge is 0.396 e. The highest BCUT2D eigenvalue weighted by molar-refractivity contribution is 7.89. The van der Waals surface area contributed by atoms with Gasteiger partial charge in [-0.2, -0.15) is 0 Å². The fourth-order valence-corrected chi connectivity index (χ4v) is 3.26. The summed E-state index contributed by atoms with van der Waals surface area (Å²) in [7, 11) is -4.03. The summed E-state index contributed by atoms with van der Waals surface area (Å²) in [5.74, 6) is -1.04. The molecule has 0 spiro atoms. The highest BCUT2D eigenvalue weighted by Gasteiger charge is 2.22. The first-order valence-corrected chi connectivity index (χ1v) is 8.03. The number of aliphatic hydroxyl groups excluding tert-OH is 1. The van der Waals surface area contributed by atoms with Gasteiger partial charge in [-0.15, -0.1) is 0 Å². The zero-order valence-electron chi connectivity index (χ0n) is 11.1. The van der Waals surface area contributed by atoms with Gasteiger partial charge in [0.25, 0.3) is 0 Å². The van der Waals surface area contributed by atoms with Gasteiger partial charge < -0.3 is 10.8 Å². The van der Waals surface area contributed by atoms with E-state index in [2.05, 4.69) is 4.72 Å². The Hall–Kier alpha value is -0.890. The lowest BCUT2D eigenvalue weighted by molar-refractivity contribution is 0.254. The van der Waals surface area contributed by atoms with Crippen molar-refractivity contribution in [2.75, 3.05) is 18.9 Å². The summed E-state index contributed by atoms with van der Waals surface area (Å²) >= 11 is 5.70. The van der Waals surface area contributed by atoms with E-state index in [0.717, 1.165) is 12.1 Å². The third kappa shape index (κ3) is 4.31. The van der Waals surface area contributed by atoms with Crippen molar-refractivity contribution < 1.29 is 17.9 Å². The third-order valence-electron chi connectivity index (χ3n) is 3.00. The summed E-state index contributed by atoms with van der Waals surface area (Å²) in [5.41, 5.74) is 5.04. The van der Waals surface area contributed by atoms with Gasteiger partial charge in [-0.25, -0.2) is 17.5 Å². The number of halogens is 2. The molecule has 1 atom stereocenters. The number of aliphatic hydroxyl groups is 1. The maximum atomic E-state index is 13.8. The predicted octanol–water partition coefficient (Wildman–Crippen LogP) is 1.75. The Morgan fingerprint density at radius 1 is 1.50 bits per heavy atom. The van der Waals surface area contributed by atoms with Gasteiger partial charge in [0.2, 0.25) is 10.0 Å². The molecule has 0 saturated heterocycles. The van der Waals surface area contributed by atoms with Crippen LogP contribution in [0.1, 0.15) is 19.8 Å². The molecule has 0 aromatic heterocycles. The third-order valence-corrected chi connectivity index (χ3v) is 4.64. The van der Waals surface area contributed by atoms with Crippen LogP contribution in [0.2, 0.25) is 5.02 Å². The van der Waals surface area contributed by atoms with Crippen molar-refractivity contribution in [2.45, 2.75) is 24.7 Å². The van der Waals surface area contributed by atoms with Crippen molar-refractivity contribution in [1.82, 2.24) is 4.72 Å². The fraction of sp³-hybridized carbons (Fsp3) is 0.500. The second-order valence-electron chi connectivity index (χ2n) is 4.45. The molecular weight excluding hydrogens is 307 g/mol. The van der Waals surface area contributed by atoms with Crippen molar-refractivity contribution >= 4 is 27.3 Å². The maximum Gasteiger partial charge on any atom is 0.243 e. The van der Waals surface area contributed by atoms with Gasteiger partial charge in [0.05, 0.1) is 5.69 Å². The lowest BCUT2D eigenvalue weighted by Crippen LogP contribution is -2.30. The molecule has 0 aliphatic rings. The topological polar surface area (TPSA) is 92.4 Å². The van der Waals surface area contributed by atoms with Crippen LogP contribution in [0.3, 0.4) is 0 Å². The maximum absolute atomic E-state index is 13.8. The number of anilines is 1. The number of nitrogen functional groups attached to an aromatic ring is 1. The van der Waals surface area contributed by atoms with E-state index in [9.17, 15) is 12.8 Å². The summed E-state index contributed by atoms with van der Waals surface area (Å²) in [6, 6.07) is 2.17. The van der Waals surface area contributed by atoms with E-state index in [1.165, 1.54) is 0 Å². The van der Waals surface area contributed by atoms with E-state index in [1.54, 1.807) is 0 Å². The first-order valence-electron chi connectivity index (χ1n) is 6.16. The van der Waals surface area contributed by atoms with Crippen LogP contribution in [0, 0.1) is 11.7 Å². The van der Waals surface area contributed by atoms with Crippen LogP contribution >= 0.6 is 11.6 Å². The molecule has 0 bridgehead atoms. The van der Waals surface area contributed by atoms with Crippen LogP contribution in [0.25, 0.3) is 0 Å². The lowest BCUT2D eigenvalue weighted by Gasteiger charge is -2.15. The Balaban J connectivity index is 2.94. The number of benzene rings is 1. The first-order chi connectivity index (χ1) is 9.31. The zero-order valence-corrected chi connectivity index (χ0v) is 12.6. The van der Waals surface area contributed by atoms with Crippen LogP contribution in [0.5, 0.6) is 0 Å². The van der Waals surface area contributed by atoms with Crippen molar-refractivity contribution in [2.24, 2.45) is 5.92 Å². The SMILES string of the molecule is CCC(CCO)CNS(=O)(=O)c1cc(Cl)cc(N)c1F. The Morgan fingerprint density at radius 2 is 2.15 bits per heavy atom. The van der Waals surface area contributed by atoms with Crippen molar-refractivity contribution in [3.63, 3.8) is 0 Å². The molecule has 0 aliphatic heterocycles.